The predicted molar refractivity (Wildman–Crippen MR) is 108 cm³/mol. The summed E-state index contributed by atoms with van der Waals surface area (Å²) in [6.45, 7) is 5.24. The van der Waals surface area contributed by atoms with Crippen molar-refractivity contribution in [3.05, 3.63) is 35.2 Å². The van der Waals surface area contributed by atoms with Crippen LogP contribution in [0.25, 0.3) is 0 Å². The highest BCUT2D eigenvalue weighted by Gasteiger charge is 2.23. The molecular formula is C19H27N7O2. The highest BCUT2D eigenvalue weighted by molar-refractivity contribution is 5.97. The first-order valence-corrected chi connectivity index (χ1v) is 9.48. The van der Waals surface area contributed by atoms with Crippen LogP contribution in [0.15, 0.2) is 18.2 Å². The van der Waals surface area contributed by atoms with Crippen molar-refractivity contribution in [2.24, 2.45) is 11.5 Å². The smallest absolute Gasteiger partial charge is 0.271 e. The molecule has 0 saturated carbocycles. The maximum Gasteiger partial charge on any atom is 0.271 e. The Morgan fingerprint density at radius 2 is 2.11 bits per heavy atom. The van der Waals surface area contributed by atoms with Crippen LogP contribution in [0, 0.1) is 6.92 Å². The molecule has 150 valence electrons. The number of nitrogens with zero attached hydrogens (tertiary/aromatic N) is 3. The molecule has 3 rings (SSSR count). The summed E-state index contributed by atoms with van der Waals surface area (Å²) in [5, 5.41) is 14.5. The van der Waals surface area contributed by atoms with E-state index in [4.69, 9.17) is 16.2 Å². The van der Waals surface area contributed by atoms with Crippen LogP contribution in [0.4, 0.5) is 17.3 Å². The van der Waals surface area contributed by atoms with E-state index >= 15 is 0 Å². The van der Waals surface area contributed by atoms with Gasteiger partial charge in [-0.2, -0.15) is 0 Å². The lowest BCUT2D eigenvalue weighted by Gasteiger charge is -2.29. The number of amides is 1. The van der Waals surface area contributed by atoms with E-state index in [1.165, 1.54) is 0 Å². The van der Waals surface area contributed by atoms with Gasteiger partial charge in [0.15, 0.2) is 11.5 Å². The van der Waals surface area contributed by atoms with E-state index in [9.17, 15) is 4.79 Å². The van der Waals surface area contributed by atoms with Crippen LogP contribution in [0.1, 0.15) is 41.5 Å². The number of primary amides is 1. The van der Waals surface area contributed by atoms with E-state index in [0.29, 0.717) is 30.5 Å². The third kappa shape index (κ3) is 4.93. The van der Waals surface area contributed by atoms with Gasteiger partial charge in [0, 0.05) is 30.5 Å². The van der Waals surface area contributed by atoms with Gasteiger partial charge in [0.25, 0.3) is 5.91 Å². The molecule has 2 aromatic heterocycles. The number of anilines is 3. The third-order valence-electron chi connectivity index (χ3n) is 4.55. The lowest BCUT2D eigenvalue weighted by Crippen LogP contribution is -2.47. The Bertz CT molecular complexity index is 843. The molecule has 1 fully saturated rings. The van der Waals surface area contributed by atoms with Gasteiger partial charge in [-0.1, -0.05) is 13.3 Å². The van der Waals surface area contributed by atoms with Gasteiger partial charge in [0.05, 0.1) is 12.3 Å². The minimum atomic E-state index is -0.661. The van der Waals surface area contributed by atoms with E-state index in [1.54, 1.807) is 6.07 Å². The second-order valence-corrected chi connectivity index (χ2v) is 7.03. The predicted octanol–water partition coefficient (Wildman–Crippen LogP) is 1.50. The van der Waals surface area contributed by atoms with E-state index < -0.39 is 5.91 Å². The maximum absolute atomic E-state index is 11.8. The number of pyridine rings is 1. The number of aromatic nitrogens is 3. The number of aryl methyl sites for hydroxylation is 2. The summed E-state index contributed by atoms with van der Waals surface area (Å²) < 4.78 is 5.36. The molecule has 0 bridgehead atoms. The highest BCUT2D eigenvalue weighted by atomic mass is 16.5. The summed E-state index contributed by atoms with van der Waals surface area (Å²) in [6, 6.07) is 5.54. The summed E-state index contributed by atoms with van der Waals surface area (Å²) in [7, 11) is 0. The summed E-state index contributed by atoms with van der Waals surface area (Å²) >= 11 is 0. The first-order chi connectivity index (χ1) is 13.5. The van der Waals surface area contributed by atoms with Gasteiger partial charge in [-0.3, -0.25) is 4.79 Å². The van der Waals surface area contributed by atoms with Crippen molar-refractivity contribution in [3.63, 3.8) is 0 Å². The number of nitrogens with one attached hydrogen (secondary N) is 2. The monoisotopic (exact) mass is 385 g/mol. The molecule has 0 radical (unpaired) electrons. The Balaban J connectivity index is 1.87. The van der Waals surface area contributed by atoms with Crippen molar-refractivity contribution in [3.8, 4) is 0 Å². The van der Waals surface area contributed by atoms with Gasteiger partial charge < -0.3 is 26.8 Å². The van der Waals surface area contributed by atoms with E-state index in [-0.39, 0.29) is 17.8 Å². The molecule has 6 N–H and O–H groups in total. The van der Waals surface area contributed by atoms with E-state index in [2.05, 4.69) is 32.7 Å². The summed E-state index contributed by atoms with van der Waals surface area (Å²) in [5.74, 6) is 0.481. The van der Waals surface area contributed by atoms with E-state index in [1.807, 2.05) is 19.1 Å². The second-order valence-electron chi connectivity index (χ2n) is 7.03. The number of rotatable bonds is 7. The quantitative estimate of drug-likeness (QED) is 0.562. The molecule has 1 aliphatic rings. The lowest BCUT2D eigenvalue weighted by atomic mass is 10.0. The Morgan fingerprint density at radius 1 is 1.29 bits per heavy atom. The fraction of sp³-hybridized carbons (Fsp3) is 0.474. The second kappa shape index (κ2) is 8.94. The summed E-state index contributed by atoms with van der Waals surface area (Å²) in [5.41, 5.74) is 14.1. The normalized spacial score (nSPS) is 19.2. The molecule has 1 amide bonds. The number of hydrogen-bond donors (Lipinski definition) is 4. The number of hydrogen-bond acceptors (Lipinski definition) is 8. The van der Waals surface area contributed by atoms with Gasteiger partial charge in [-0.05, 0) is 37.5 Å². The van der Waals surface area contributed by atoms with Gasteiger partial charge in [-0.15, -0.1) is 10.2 Å². The number of nitrogens with two attached hydrogens (primary N) is 2. The van der Waals surface area contributed by atoms with Crippen LogP contribution < -0.4 is 22.1 Å². The number of carbonyl (C=O) groups is 1. The minimum Gasteiger partial charge on any atom is -0.380 e. The standard InChI is InChI=1S/C19H27N7O2/c1-3-4-12-7-11(2)8-16(22-12)24-15-9-17(25-26-18(15)19(21)27)23-14-5-6-28-10-13(14)20/h7-9,13-14H,3-6,10,20H2,1-2H3,(H2,21,27)(H2,22,23,24,25)/t13-,14+/m0/s1. The molecule has 28 heavy (non-hydrogen) atoms. The van der Waals surface area contributed by atoms with Gasteiger partial charge >= 0.3 is 0 Å². The molecule has 0 aliphatic carbocycles. The van der Waals surface area contributed by atoms with Crippen molar-refractivity contribution in [1.29, 1.82) is 0 Å². The molecule has 1 saturated heterocycles. The molecule has 0 unspecified atom stereocenters. The fourth-order valence-electron chi connectivity index (χ4n) is 3.19. The van der Waals surface area contributed by atoms with Crippen LogP contribution in [0.3, 0.4) is 0 Å². The maximum atomic E-state index is 11.8. The molecular weight excluding hydrogens is 358 g/mol. The van der Waals surface area contributed by atoms with E-state index in [0.717, 1.165) is 30.5 Å². The third-order valence-corrected chi connectivity index (χ3v) is 4.55. The average Bonchev–Trinajstić information content (AvgIpc) is 2.63. The zero-order valence-corrected chi connectivity index (χ0v) is 16.2. The van der Waals surface area contributed by atoms with Crippen LogP contribution in [-0.4, -0.2) is 46.4 Å². The van der Waals surface area contributed by atoms with Crippen molar-refractivity contribution < 1.29 is 9.53 Å². The number of ether oxygens (including phenoxy) is 1. The first-order valence-electron chi connectivity index (χ1n) is 9.48. The molecule has 3 heterocycles. The molecule has 2 aromatic rings. The van der Waals surface area contributed by atoms with Crippen LogP contribution in [0.5, 0.6) is 0 Å². The van der Waals surface area contributed by atoms with Gasteiger partial charge in [-0.25, -0.2) is 4.98 Å². The molecule has 1 aliphatic heterocycles. The zero-order valence-electron chi connectivity index (χ0n) is 16.2. The van der Waals surface area contributed by atoms with Crippen LogP contribution in [0.2, 0.25) is 0 Å². The largest absolute Gasteiger partial charge is 0.380 e. The summed E-state index contributed by atoms with van der Waals surface area (Å²) in [6.07, 6.45) is 2.64. The SMILES string of the molecule is CCCc1cc(C)cc(Nc2cc(N[C@@H]3CCOC[C@@H]3N)nnc2C(N)=O)n1. The van der Waals surface area contributed by atoms with Crippen molar-refractivity contribution >= 4 is 23.2 Å². The fourth-order valence-corrected chi connectivity index (χ4v) is 3.19. The lowest BCUT2D eigenvalue weighted by molar-refractivity contribution is 0.0751. The minimum absolute atomic E-state index is 0.0172. The topological polar surface area (TPSA) is 141 Å². The van der Waals surface area contributed by atoms with Crippen LogP contribution in [-0.2, 0) is 11.2 Å². The Labute approximate surface area is 164 Å². The van der Waals surface area contributed by atoms with Crippen molar-refractivity contribution in [2.45, 2.75) is 45.2 Å². The molecule has 0 spiro atoms. The average molecular weight is 385 g/mol. The van der Waals surface area contributed by atoms with Crippen LogP contribution >= 0.6 is 0 Å². The van der Waals surface area contributed by atoms with Gasteiger partial charge in [0.1, 0.15) is 5.82 Å². The molecule has 9 heteroatoms. The Morgan fingerprint density at radius 3 is 2.82 bits per heavy atom. The number of carbonyl (C=O) groups excluding carboxylic acids is 1. The highest BCUT2D eigenvalue weighted by Crippen LogP contribution is 2.23. The molecule has 2 atom stereocenters. The zero-order chi connectivity index (χ0) is 20.1. The Hall–Kier alpha value is -2.78. The molecule has 0 aromatic carbocycles. The molecule has 9 nitrogen and oxygen atoms in total. The first kappa shape index (κ1) is 20.0. The Kier molecular flexibility index (Phi) is 6.37. The van der Waals surface area contributed by atoms with Crippen molar-refractivity contribution in [2.75, 3.05) is 23.8 Å². The van der Waals surface area contributed by atoms with Gasteiger partial charge in [0.2, 0.25) is 0 Å². The van der Waals surface area contributed by atoms with Crippen molar-refractivity contribution in [1.82, 2.24) is 15.2 Å². The summed E-state index contributed by atoms with van der Waals surface area (Å²) in [4.78, 5) is 16.4.